The highest BCUT2D eigenvalue weighted by Crippen LogP contribution is 2.48. The van der Waals surface area contributed by atoms with Crippen LogP contribution < -0.4 is 0 Å². The summed E-state index contributed by atoms with van der Waals surface area (Å²) >= 11 is 0. The number of aliphatic hydroxyl groups is 1. The highest BCUT2D eigenvalue weighted by atomic mass is 16.5. The third kappa shape index (κ3) is 5.45. The standard InChI is InChI=1S/C29H37NO2/c1-3-27-25(21-22(2)31)13-16-28(23-9-5-4-6-10-23)29(27)24-11-14-26(15-12-24)32-20-19-30-17-7-8-18-30/h3-6,9-11,14-15,21,24,28-29,31H,1,7-8,12-13,16-20H2,2H3/b22-21+/t24?,28-,29-/m1/s1. The molecule has 1 unspecified atom stereocenters. The maximum Gasteiger partial charge on any atom is 0.115 e. The number of likely N-dealkylation sites (tertiary alicyclic amines) is 1. The Bertz CT molecular complexity index is 898. The number of ether oxygens (including phenoxy) is 1. The van der Waals surface area contributed by atoms with Crippen LogP contribution in [0.25, 0.3) is 0 Å². The summed E-state index contributed by atoms with van der Waals surface area (Å²) in [5.74, 6) is 2.54. The van der Waals surface area contributed by atoms with E-state index in [1.165, 1.54) is 42.6 Å². The normalized spacial score (nSPS) is 26.8. The summed E-state index contributed by atoms with van der Waals surface area (Å²) in [5, 5.41) is 9.94. The fraction of sp³-hybridized carbons (Fsp3) is 0.448. The number of benzene rings is 1. The lowest BCUT2D eigenvalue weighted by atomic mass is 9.65. The van der Waals surface area contributed by atoms with Crippen LogP contribution in [0.1, 0.15) is 50.5 Å². The first kappa shape index (κ1) is 22.7. The first-order valence-corrected chi connectivity index (χ1v) is 12.2. The molecular formula is C29H37NO2. The quantitative estimate of drug-likeness (QED) is 0.465. The predicted molar refractivity (Wildman–Crippen MR) is 132 cm³/mol. The molecule has 4 rings (SSSR count). The molecule has 3 atom stereocenters. The van der Waals surface area contributed by atoms with Crippen LogP contribution in [0.4, 0.5) is 0 Å². The van der Waals surface area contributed by atoms with Crippen molar-refractivity contribution >= 4 is 0 Å². The lowest BCUT2D eigenvalue weighted by Crippen LogP contribution is -2.28. The van der Waals surface area contributed by atoms with Gasteiger partial charge in [0, 0.05) is 6.54 Å². The fourth-order valence-corrected chi connectivity index (χ4v) is 5.63. The Labute approximate surface area is 193 Å². The summed E-state index contributed by atoms with van der Waals surface area (Å²) in [6.45, 7) is 10.1. The Kier molecular flexibility index (Phi) is 7.70. The maximum atomic E-state index is 9.94. The van der Waals surface area contributed by atoms with E-state index in [9.17, 15) is 5.11 Å². The molecule has 1 aromatic carbocycles. The largest absolute Gasteiger partial charge is 0.513 e. The van der Waals surface area contributed by atoms with E-state index in [0.717, 1.165) is 38.2 Å². The molecule has 3 heteroatoms. The molecule has 0 saturated carbocycles. The molecule has 1 fully saturated rings. The molecule has 0 amide bonds. The number of allylic oxidation sites excluding steroid dienone is 8. The van der Waals surface area contributed by atoms with E-state index in [1.807, 2.05) is 12.2 Å². The van der Waals surface area contributed by atoms with Crippen molar-refractivity contribution in [2.45, 2.75) is 44.9 Å². The number of hydrogen-bond acceptors (Lipinski definition) is 3. The van der Waals surface area contributed by atoms with Gasteiger partial charge in [-0.15, -0.1) is 0 Å². The van der Waals surface area contributed by atoms with Gasteiger partial charge in [-0.25, -0.2) is 0 Å². The van der Waals surface area contributed by atoms with Crippen molar-refractivity contribution in [3.8, 4) is 0 Å². The molecule has 1 N–H and O–H groups in total. The molecule has 1 heterocycles. The van der Waals surface area contributed by atoms with Gasteiger partial charge in [0.2, 0.25) is 0 Å². The van der Waals surface area contributed by atoms with E-state index in [1.54, 1.807) is 6.92 Å². The van der Waals surface area contributed by atoms with Gasteiger partial charge in [-0.1, -0.05) is 49.1 Å². The van der Waals surface area contributed by atoms with Crippen LogP contribution in [-0.2, 0) is 4.74 Å². The molecule has 0 radical (unpaired) electrons. The predicted octanol–water partition coefficient (Wildman–Crippen LogP) is 6.70. The van der Waals surface area contributed by atoms with Crippen molar-refractivity contribution in [2.75, 3.05) is 26.2 Å². The van der Waals surface area contributed by atoms with Gasteiger partial charge in [-0.05, 0) is 105 Å². The molecule has 1 saturated heterocycles. The van der Waals surface area contributed by atoms with Gasteiger partial charge in [0.05, 0.1) is 5.76 Å². The second-order valence-corrected chi connectivity index (χ2v) is 9.31. The van der Waals surface area contributed by atoms with Crippen molar-refractivity contribution in [3.05, 3.63) is 95.5 Å². The first-order chi connectivity index (χ1) is 15.7. The minimum atomic E-state index is 0.341. The third-order valence-electron chi connectivity index (χ3n) is 7.15. The molecule has 3 aliphatic rings. The Morgan fingerprint density at radius 3 is 2.66 bits per heavy atom. The van der Waals surface area contributed by atoms with Crippen LogP contribution in [0, 0.1) is 11.8 Å². The van der Waals surface area contributed by atoms with Crippen molar-refractivity contribution in [1.82, 2.24) is 4.90 Å². The average Bonchev–Trinajstić information content (AvgIpc) is 3.33. The number of nitrogens with zero attached hydrogens (tertiary/aromatic N) is 1. The lowest BCUT2D eigenvalue weighted by molar-refractivity contribution is 0.177. The van der Waals surface area contributed by atoms with Crippen LogP contribution >= 0.6 is 0 Å². The van der Waals surface area contributed by atoms with Crippen molar-refractivity contribution in [2.24, 2.45) is 11.8 Å². The minimum absolute atomic E-state index is 0.341. The minimum Gasteiger partial charge on any atom is -0.513 e. The highest BCUT2D eigenvalue weighted by Gasteiger charge is 2.35. The van der Waals surface area contributed by atoms with Gasteiger partial charge in [0.15, 0.2) is 0 Å². The van der Waals surface area contributed by atoms with E-state index in [-0.39, 0.29) is 0 Å². The fourth-order valence-electron chi connectivity index (χ4n) is 5.63. The smallest absolute Gasteiger partial charge is 0.115 e. The zero-order valence-corrected chi connectivity index (χ0v) is 19.4. The zero-order chi connectivity index (χ0) is 22.3. The van der Waals surface area contributed by atoms with E-state index in [0.29, 0.717) is 23.5 Å². The lowest BCUT2D eigenvalue weighted by Gasteiger charge is -2.39. The summed E-state index contributed by atoms with van der Waals surface area (Å²) in [7, 11) is 0. The summed E-state index contributed by atoms with van der Waals surface area (Å²) in [5.41, 5.74) is 3.90. The Balaban J connectivity index is 1.51. The molecule has 170 valence electrons. The zero-order valence-electron chi connectivity index (χ0n) is 19.4. The topological polar surface area (TPSA) is 32.7 Å². The summed E-state index contributed by atoms with van der Waals surface area (Å²) < 4.78 is 6.08. The van der Waals surface area contributed by atoms with Gasteiger partial charge in [0.25, 0.3) is 0 Å². The second-order valence-electron chi connectivity index (χ2n) is 9.31. The third-order valence-corrected chi connectivity index (χ3v) is 7.15. The van der Waals surface area contributed by atoms with Gasteiger partial charge in [-0.3, -0.25) is 4.90 Å². The van der Waals surface area contributed by atoms with Gasteiger partial charge < -0.3 is 9.84 Å². The van der Waals surface area contributed by atoms with Gasteiger partial charge in [-0.2, -0.15) is 0 Å². The molecule has 3 nitrogen and oxygen atoms in total. The summed E-state index contributed by atoms with van der Waals surface area (Å²) in [6.07, 6.45) is 16.4. The van der Waals surface area contributed by atoms with E-state index in [2.05, 4.69) is 60.0 Å². The maximum absolute atomic E-state index is 9.94. The second kappa shape index (κ2) is 10.9. The van der Waals surface area contributed by atoms with Gasteiger partial charge >= 0.3 is 0 Å². The number of rotatable bonds is 8. The van der Waals surface area contributed by atoms with Crippen LogP contribution in [0.3, 0.4) is 0 Å². The van der Waals surface area contributed by atoms with E-state index < -0.39 is 0 Å². The Hall–Kier alpha value is -2.52. The van der Waals surface area contributed by atoms with Crippen LogP contribution in [0.15, 0.2) is 90.0 Å². The van der Waals surface area contributed by atoms with Crippen molar-refractivity contribution in [3.63, 3.8) is 0 Å². The number of aliphatic hydroxyl groups excluding tert-OH is 1. The molecule has 1 aliphatic heterocycles. The summed E-state index contributed by atoms with van der Waals surface area (Å²) in [4.78, 5) is 2.49. The molecule has 1 aromatic rings. The molecular weight excluding hydrogens is 394 g/mol. The molecule has 2 aliphatic carbocycles. The molecule has 32 heavy (non-hydrogen) atoms. The van der Waals surface area contributed by atoms with Gasteiger partial charge in [0.1, 0.15) is 12.4 Å². The Morgan fingerprint density at radius 2 is 2.00 bits per heavy atom. The van der Waals surface area contributed by atoms with E-state index >= 15 is 0 Å². The highest BCUT2D eigenvalue weighted by molar-refractivity contribution is 5.42. The average molecular weight is 432 g/mol. The van der Waals surface area contributed by atoms with E-state index in [4.69, 9.17) is 4.74 Å². The Morgan fingerprint density at radius 1 is 1.22 bits per heavy atom. The monoisotopic (exact) mass is 431 g/mol. The van der Waals surface area contributed by atoms with Crippen molar-refractivity contribution in [1.29, 1.82) is 0 Å². The first-order valence-electron chi connectivity index (χ1n) is 12.2. The SMILES string of the molecule is C=CC1=C(/C=C(\C)O)CC[C@H](c2ccccc2)[C@@H]1C1C=CC(OCCN2CCCC2)=CC1. The molecule has 0 bridgehead atoms. The molecule has 0 aromatic heterocycles. The van der Waals surface area contributed by atoms with Crippen molar-refractivity contribution < 1.29 is 9.84 Å². The van der Waals surface area contributed by atoms with Crippen LogP contribution in [0.2, 0.25) is 0 Å². The van der Waals surface area contributed by atoms with Crippen LogP contribution in [-0.4, -0.2) is 36.2 Å². The van der Waals surface area contributed by atoms with Crippen LogP contribution in [0.5, 0.6) is 0 Å². The summed E-state index contributed by atoms with van der Waals surface area (Å²) in [6, 6.07) is 10.9. The number of hydrogen-bond donors (Lipinski definition) is 1. The molecule has 0 spiro atoms.